The maximum Gasteiger partial charge on any atom is 0.288 e. The SMILES string of the molecule is O=C(c1ccc(SC(F)F)cc1)N1CCNCC1c1cccnc1. The first kappa shape index (κ1) is 16.9. The van der Waals surface area contributed by atoms with E-state index in [0.29, 0.717) is 35.3 Å². The third-order valence-corrected chi connectivity index (χ3v) is 4.62. The highest BCUT2D eigenvalue weighted by Crippen LogP contribution is 2.27. The molecule has 24 heavy (non-hydrogen) atoms. The highest BCUT2D eigenvalue weighted by Gasteiger charge is 2.28. The number of pyridine rings is 1. The average molecular weight is 349 g/mol. The van der Waals surface area contributed by atoms with Crippen molar-refractivity contribution in [2.24, 2.45) is 0 Å². The summed E-state index contributed by atoms with van der Waals surface area (Å²) >= 11 is 0.475. The van der Waals surface area contributed by atoms with Gasteiger partial charge in [0.25, 0.3) is 11.7 Å². The predicted molar refractivity (Wildman–Crippen MR) is 89.2 cm³/mol. The van der Waals surface area contributed by atoms with Crippen molar-refractivity contribution in [2.75, 3.05) is 19.6 Å². The summed E-state index contributed by atoms with van der Waals surface area (Å²) in [5.74, 6) is -2.56. The van der Waals surface area contributed by atoms with Crippen molar-refractivity contribution < 1.29 is 13.6 Å². The van der Waals surface area contributed by atoms with Crippen LogP contribution in [0.4, 0.5) is 8.78 Å². The van der Waals surface area contributed by atoms with Crippen molar-refractivity contribution in [1.82, 2.24) is 15.2 Å². The van der Waals surface area contributed by atoms with Crippen molar-refractivity contribution in [3.63, 3.8) is 0 Å². The quantitative estimate of drug-likeness (QED) is 0.861. The molecule has 4 nitrogen and oxygen atoms in total. The zero-order valence-corrected chi connectivity index (χ0v) is 13.7. The molecule has 7 heteroatoms. The number of piperazine rings is 1. The van der Waals surface area contributed by atoms with Crippen molar-refractivity contribution >= 4 is 17.7 Å². The van der Waals surface area contributed by atoms with E-state index in [0.717, 1.165) is 12.1 Å². The summed E-state index contributed by atoms with van der Waals surface area (Å²) in [4.78, 5) is 19.2. The molecule has 1 saturated heterocycles. The Balaban J connectivity index is 1.79. The molecular weight excluding hydrogens is 332 g/mol. The van der Waals surface area contributed by atoms with E-state index in [9.17, 15) is 13.6 Å². The first-order chi connectivity index (χ1) is 11.6. The summed E-state index contributed by atoms with van der Waals surface area (Å²) in [6, 6.07) is 10.0. The van der Waals surface area contributed by atoms with E-state index in [2.05, 4.69) is 10.3 Å². The number of rotatable bonds is 4. The number of benzene rings is 1. The summed E-state index contributed by atoms with van der Waals surface area (Å²) in [6.07, 6.45) is 3.46. The summed E-state index contributed by atoms with van der Waals surface area (Å²) in [5, 5.41) is 3.29. The Morgan fingerprint density at radius 2 is 2.08 bits per heavy atom. The number of carbonyl (C=O) groups excluding carboxylic acids is 1. The Bertz CT molecular complexity index is 682. The van der Waals surface area contributed by atoms with Gasteiger partial charge in [0.1, 0.15) is 0 Å². The first-order valence-corrected chi connectivity index (χ1v) is 8.49. The molecule has 1 fully saturated rings. The minimum Gasteiger partial charge on any atom is -0.329 e. The van der Waals surface area contributed by atoms with Gasteiger partial charge in [0.15, 0.2) is 0 Å². The number of amides is 1. The summed E-state index contributed by atoms with van der Waals surface area (Å²) in [7, 11) is 0. The highest BCUT2D eigenvalue weighted by atomic mass is 32.2. The molecule has 0 radical (unpaired) electrons. The minimum atomic E-state index is -2.46. The lowest BCUT2D eigenvalue weighted by Crippen LogP contribution is -2.48. The van der Waals surface area contributed by atoms with Crippen LogP contribution in [0.25, 0.3) is 0 Å². The van der Waals surface area contributed by atoms with Crippen molar-refractivity contribution in [3.05, 3.63) is 59.9 Å². The second-order valence-electron chi connectivity index (χ2n) is 5.41. The van der Waals surface area contributed by atoms with Crippen LogP contribution in [0.2, 0.25) is 0 Å². The summed E-state index contributed by atoms with van der Waals surface area (Å²) < 4.78 is 24.8. The number of carbonyl (C=O) groups is 1. The van der Waals surface area contributed by atoms with Gasteiger partial charge in [0.05, 0.1) is 6.04 Å². The normalized spacial score (nSPS) is 18.0. The molecule has 0 aliphatic carbocycles. The lowest BCUT2D eigenvalue weighted by molar-refractivity contribution is 0.0634. The van der Waals surface area contributed by atoms with Gasteiger partial charge < -0.3 is 10.2 Å². The van der Waals surface area contributed by atoms with Crippen LogP contribution in [0.1, 0.15) is 22.0 Å². The van der Waals surface area contributed by atoms with E-state index < -0.39 is 5.76 Å². The van der Waals surface area contributed by atoms with Gasteiger partial charge >= 0.3 is 0 Å². The van der Waals surface area contributed by atoms with Crippen LogP contribution in [0.5, 0.6) is 0 Å². The predicted octanol–water partition coefficient (Wildman–Crippen LogP) is 3.18. The largest absolute Gasteiger partial charge is 0.329 e. The van der Waals surface area contributed by atoms with E-state index in [1.807, 2.05) is 17.0 Å². The van der Waals surface area contributed by atoms with Crippen LogP contribution in [-0.4, -0.2) is 41.2 Å². The molecule has 0 saturated carbocycles. The fourth-order valence-electron chi connectivity index (χ4n) is 2.76. The molecule has 0 spiro atoms. The standard InChI is InChI=1S/C17H17F2N3OS/c18-17(19)24-14-5-3-12(4-6-14)16(23)22-9-8-21-11-15(22)13-2-1-7-20-10-13/h1-7,10,15,17,21H,8-9,11H2. The Labute approximate surface area is 143 Å². The van der Waals surface area contributed by atoms with Crippen LogP contribution in [-0.2, 0) is 0 Å². The van der Waals surface area contributed by atoms with E-state index in [1.54, 1.807) is 36.7 Å². The second-order valence-corrected chi connectivity index (χ2v) is 6.47. The zero-order valence-electron chi connectivity index (χ0n) is 12.9. The number of alkyl halides is 2. The fourth-order valence-corrected chi connectivity index (χ4v) is 3.26. The molecule has 1 atom stereocenters. The van der Waals surface area contributed by atoms with Gasteiger partial charge in [-0.05, 0) is 35.9 Å². The molecule has 2 aromatic rings. The maximum atomic E-state index is 12.8. The number of halogens is 2. The Hall–Kier alpha value is -1.99. The van der Waals surface area contributed by atoms with E-state index in [-0.39, 0.29) is 11.9 Å². The number of aromatic nitrogens is 1. The number of hydrogen-bond acceptors (Lipinski definition) is 4. The van der Waals surface area contributed by atoms with Gasteiger partial charge in [0.2, 0.25) is 0 Å². The van der Waals surface area contributed by atoms with Crippen LogP contribution < -0.4 is 5.32 Å². The summed E-state index contributed by atoms with van der Waals surface area (Å²) in [6.45, 7) is 1.98. The lowest BCUT2D eigenvalue weighted by atomic mass is 10.0. The van der Waals surface area contributed by atoms with Crippen molar-refractivity contribution in [2.45, 2.75) is 16.7 Å². The molecule has 1 aromatic heterocycles. The molecule has 1 aliphatic rings. The molecule has 3 rings (SSSR count). The second kappa shape index (κ2) is 7.72. The molecule has 126 valence electrons. The molecule has 1 unspecified atom stereocenters. The third kappa shape index (κ3) is 3.91. The maximum absolute atomic E-state index is 12.8. The molecule has 1 amide bonds. The number of hydrogen-bond donors (Lipinski definition) is 1. The number of nitrogens with zero attached hydrogens (tertiary/aromatic N) is 2. The molecule has 0 bridgehead atoms. The lowest BCUT2D eigenvalue weighted by Gasteiger charge is -2.36. The summed E-state index contributed by atoms with van der Waals surface area (Å²) in [5.41, 5.74) is 1.48. The van der Waals surface area contributed by atoms with Gasteiger partial charge in [-0.15, -0.1) is 0 Å². The fraction of sp³-hybridized carbons (Fsp3) is 0.294. The van der Waals surface area contributed by atoms with Gasteiger partial charge in [-0.25, -0.2) is 0 Å². The van der Waals surface area contributed by atoms with Crippen molar-refractivity contribution in [3.8, 4) is 0 Å². The van der Waals surface area contributed by atoms with Crippen LogP contribution >= 0.6 is 11.8 Å². The molecule has 2 heterocycles. The smallest absolute Gasteiger partial charge is 0.288 e. The highest BCUT2D eigenvalue weighted by molar-refractivity contribution is 7.99. The average Bonchev–Trinajstić information content (AvgIpc) is 2.62. The monoisotopic (exact) mass is 349 g/mol. The van der Waals surface area contributed by atoms with E-state index in [1.165, 1.54) is 0 Å². The van der Waals surface area contributed by atoms with Crippen molar-refractivity contribution in [1.29, 1.82) is 0 Å². The molecule has 1 N–H and O–H groups in total. The topological polar surface area (TPSA) is 45.2 Å². The van der Waals surface area contributed by atoms with Gasteiger partial charge in [-0.1, -0.05) is 17.8 Å². The van der Waals surface area contributed by atoms with E-state index in [4.69, 9.17) is 0 Å². The minimum absolute atomic E-state index is 0.0879. The van der Waals surface area contributed by atoms with E-state index >= 15 is 0 Å². The number of thioether (sulfide) groups is 1. The van der Waals surface area contributed by atoms with Gasteiger partial charge in [-0.2, -0.15) is 8.78 Å². The first-order valence-electron chi connectivity index (χ1n) is 7.61. The van der Waals surface area contributed by atoms with Crippen LogP contribution in [0.15, 0.2) is 53.7 Å². The molecule has 1 aliphatic heterocycles. The Kier molecular flexibility index (Phi) is 5.42. The molecule has 1 aromatic carbocycles. The van der Waals surface area contributed by atoms with Crippen LogP contribution in [0.3, 0.4) is 0 Å². The Morgan fingerprint density at radius 3 is 2.75 bits per heavy atom. The molecular formula is C17H17F2N3OS. The third-order valence-electron chi connectivity index (χ3n) is 3.90. The zero-order chi connectivity index (χ0) is 16.9. The van der Waals surface area contributed by atoms with Gasteiger partial charge in [-0.3, -0.25) is 9.78 Å². The number of nitrogens with one attached hydrogen (secondary N) is 1. The van der Waals surface area contributed by atoms with Gasteiger partial charge in [0, 0.05) is 42.5 Å². The Morgan fingerprint density at radius 1 is 1.29 bits per heavy atom. The van der Waals surface area contributed by atoms with Crippen LogP contribution in [0, 0.1) is 0 Å².